The van der Waals surface area contributed by atoms with Gasteiger partial charge in [0.25, 0.3) is 0 Å². The molecule has 0 aliphatic carbocycles. The van der Waals surface area contributed by atoms with Crippen LogP contribution in [0, 0.1) is 0 Å². The summed E-state index contributed by atoms with van der Waals surface area (Å²) >= 11 is 0. The monoisotopic (exact) mass is 209 g/mol. The van der Waals surface area contributed by atoms with Gasteiger partial charge < -0.3 is 15.1 Å². The van der Waals surface area contributed by atoms with Crippen molar-refractivity contribution in [3.05, 3.63) is 29.8 Å². The Labute approximate surface area is 91.0 Å². The van der Waals surface area contributed by atoms with Crippen LogP contribution in [0.5, 0.6) is 5.75 Å². The van der Waals surface area contributed by atoms with E-state index in [0.29, 0.717) is 12.1 Å². The highest BCUT2D eigenvalue weighted by Gasteiger charge is 2.13. The van der Waals surface area contributed by atoms with Crippen LogP contribution >= 0.6 is 0 Å². The minimum Gasteiger partial charge on any atom is -0.508 e. The maximum absolute atomic E-state index is 9.93. The van der Waals surface area contributed by atoms with E-state index in [4.69, 9.17) is 0 Å². The van der Waals surface area contributed by atoms with Crippen molar-refractivity contribution in [1.82, 2.24) is 4.90 Å². The summed E-state index contributed by atoms with van der Waals surface area (Å²) in [6, 6.07) is 6.92. The van der Waals surface area contributed by atoms with Crippen LogP contribution in [0.15, 0.2) is 24.3 Å². The Morgan fingerprint density at radius 3 is 2.33 bits per heavy atom. The topological polar surface area (TPSA) is 43.7 Å². The molecule has 84 valence electrons. The van der Waals surface area contributed by atoms with Gasteiger partial charge in [0.05, 0.1) is 6.10 Å². The van der Waals surface area contributed by atoms with Gasteiger partial charge in [-0.25, -0.2) is 0 Å². The number of aliphatic hydroxyl groups is 1. The molecule has 0 radical (unpaired) electrons. The lowest BCUT2D eigenvalue weighted by atomic mass is 10.1. The minimum atomic E-state index is -0.619. The van der Waals surface area contributed by atoms with Gasteiger partial charge in [-0.3, -0.25) is 0 Å². The SMILES string of the molecule is CCN(CC)CC(O)c1ccccc1O. The fourth-order valence-electron chi connectivity index (χ4n) is 1.59. The molecule has 0 bridgehead atoms. The molecule has 0 aliphatic rings. The lowest BCUT2D eigenvalue weighted by molar-refractivity contribution is 0.116. The third-order valence-corrected chi connectivity index (χ3v) is 2.62. The lowest BCUT2D eigenvalue weighted by Gasteiger charge is -2.22. The van der Waals surface area contributed by atoms with E-state index in [1.807, 2.05) is 6.07 Å². The fraction of sp³-hybridized carbons (Fsp3) is 0.500. The normalized spacial score (nSPS) is 13.1. The van der Waals surface area contributed by atoms with Crippen LogP contribution in [0.3, 0.4) is 0 Å². The number of nitrogens with zero attached hydrogens (tertiary/aromatic N) is 1. The third kappa shape index (κ3) is 3.22. The van der Waals surface area contributed by atoms with E-state index >= 15 is 0 Å². The van der Waals surface area contributed by atoms with Crippen LogP contribution in [0.2, 0.25) is 0 Å². The van der Waals surface area contributed by atoms with Crippen LogP contribution in [0.25, 0.3) is 0 Å². The second-order valence-electron chi connectivity index (χ2n) is 3.56. The molecule has 1 aromatic carbocycles. The number of aromatic hydroxyl groups is 1. The van der Waals surface area contributed by atoms with Crippen LogP contribution < -0.4 is 0 Å². The molecule has 0 heterocycles. The zero-order chi connectivity index (χ0) is 11.3. The molecule has 0 aliphatic heterocycles. The first kappa shape index (κ1) is 12.0. The molecule has 0 aromatic heterocycles. The number of phenols is 1. The van der Waals surface area contributed by atoms with Crippen molar-refractivity contribution in [2.75, 3.05) is 19.6 Å². The van der Waals surface area contributed by atoms with Gasteiger partial charge in [-0.2, -0.15) is 0 Å². The average molecular weight is 209 g/mol. The van der Waals surface area contributed by atoms with Crippen LogP contribution in [-0.2, 0) is 0 Å². The number of para-hydroxylation sites is 1. The molecule has 3 nitrogen and oxygen atoms in total. The summed E-state index contributed by atoms with van der Waals surface area (Å²) < 4.78 is 0. The first-order valence-corrected chi connectivity index (χ1v) is 5.37. The number of hydrogen-bond acceptors (Lipinski definition) is 3. The highest BCUT2D eigenvalue weighted by atomic mass is 16.3. The number of rotatable bonds is 5. The Hall–Kier alpha value is -1.06. The highest BCUT2D eigenvalue weighted by Crippen LogP contribution is 2.23. The Balaban J connectivity index is 2.68. The van der Waals surface area contributed by atoms with Gasteiger partial charge in [0, 0.05) is 12.1 Å². The summed E-state index contributed by atoms with van der Waals surface area (Å²) in [7, 11) is 0. The highest BCUT2D eigenvalue weighted by molar-refractivity contribution is 5.33. The van der Waals surface area contributed by atoms with Crippen molar-refractivity contribution < 1.29 is 10.2 Å². The van der Waals surface area contributed by atoms with Crippen LogP contribution in [0.1, 0.15) is 25.5 Å². The van der Waals surface area contributed by atoms with Gasteiger partial charge in [-0.1, -0.05) is 32.0 Å². The summed E-state index contributed by atoms with van der Waals surface area (Å²) in [5.41, 5.74) is 0.601. The average Bonchev–Trinajstić information content (AvgIpc) is 2.26. The first-order valence-electron chi connectivity index (χ1n) is 5.37. The minimum absolute atomic E-state index is 0.164. The Morgan fingerprint density at radius 2 is 1.80 bits per heavy atom. The maximum atomic E-state index is 9.93. The second-order valence-corrected chi connectivity index (χ2v) is 3.56. The van der Waals surface area contributed by atoms with Gasteiger partial charge in [-0.15, -0.1) is 0 Å². The van der Waals surface area contributed by atoms with E-state index in [-0.39, 0.29) is 5.75 Å². The van der Waals surface area contributed by atoms with Crippen molar-refractivity contribution in [1.29, 1.82) is 0 Å². The molecule has 1 aromatic rings. The molecular weight excluding hydrogens is 190 g/mol. The van der Waals surface area contributed by atoms with E-state index < -0.39 is 6.10 Å². The standard InChI is InChI=1S/C12H19NO2/c1-3-13(4-2)9-12(15)10-7-5-6-8-11(10)14/h5-8,12,14-15H,3-4,9H2,1-2H3. The van der Waals surface area contributed by atoms with E-state index in [1.165, 1.54) is 0 Å². The number of phenolic OH excluding ortho intramolecular Hbond substituents is 1. The van der Waals surface area contributed by atoms with E-state index in [0.717, 1.165) is 13.1 Å². The van der Waals surface area contributed by atoms with Gasteiger partial charge in [-0.05, 0) is 19.2 Å². The van der Waals surface area contributed by atoms with Crippen molar-refractivity contribution in [2.24, 2.45) is 0 Å². The largest absolute Gasteiger partial charge is 0.508 e. The van der Waals surface area contributed by atoms with Crippen molar-refractivity contribution in [3.8, 4) is 5.75 Å². The van der Waals surface area contributed by atoms with Gasteiger partial charge in [0.2, 0.25) is 0 Å². The molecule has 1 rings (SSSR count). The maximum Gasteiger partial charge on any atom is 0.121 e. The number of likely N-dealkylation sites (N-methyl/N-ethyl adjacent to an activating group) is 1. The molecule has 0 amide bonds. The molecule has 2 N–H and O–H groups in total. The molecule has 15 heavy (non-hydrogen) atoms. The smallest absolute Gasteiger partial charge is 0.121 e. The molecule has 3 heteroatoms. The molecule has 0 fully saturated rings. The first-order chi connectivity index (χ1) is 7.19. The van der Waals surface area contributed by atoms with E-state index in [1.54, 1.807) is 18.2 Å². The third-order valence-electron chi connectivity index (χ3n) is 2.62. The van der Waals surface area contributed by atoms with E-state index in [2.05, 4.69) is 18.7 Å². The number of benzene rings is 1. The summed E-state index contributed by atoms with van der Waals surface area (Å²) in [5, 5.41) is 19.5. The predicted molar refractivity (Wildman–Crippen MR) is 60.9 cm³/mol. The number of aliphatic hydroxyl groups excluding tert-OH is 1. The predicted octanol–water partition coefficient (Wildman–Crippen LogP) is 1.77. The summed E-state index contributed by atoms with van der Waals surface area (Å²) in [6.45, 7) is 6.48. The van der Waals surface area contributed by atoms with Crippen LogP contribution in [-0.4, -0.2) is 34.7 Å². The Bertz CT molecular complexity index is 297. The fourth-order valence-corrected chi connectivity index (χ4v) is 1.59. The summed E-state index contributed by atoms with van der Waals surface area (Å²) in [6.07, 6.45) is -0.619. The Morgan fingerprint density at radius 1 is 1.20 bits per heavy atom. The van der Waals surface area contributed by atoms with Crippen molar-refractivity contribution in [2.45, 2.75) is 20.0 Å². The molecule has 1 unspecified atom stereocenters. The van der Waals surface area contributed by atoms with E-state index in [9.17, 15) is 10.2 Å². The zero-order valence-electron chi connectivity index (χ0n) is 9.35. The lowest BCUT2D eigenvalue weighted by Crippen LogP contribution is -2.28. The second kappa shape index (κ2) is 5.73. The van der Waals surface area contributed by atoms with Crippen LogP contribution in [0.4, 0.5) is 0 Å². The van der Waals surface area contributed by atoms with Crippen molar-refractivity contribution >= 4 is 0 Å². The zero-order valence-corrected chi connectivity index (χ0v) is 9.35. The summed E-state index contributed by atoms with van der Waals surface area (Å²) in [5.74, 6) is 0.164. The molecular formula is C12H19NO2. The molecule has 0 saturated carbocycles. The Kier molecular flexibility index (Phi) is 4.59. The van der Waals surface area contributed by atoms with Gasteiger partial charge in [0.15, 0.2) is 0 Å². The summed E-state index contributed by atoms with van der Waals surface area (Å²) in [4.78, 5) is 2.12. The molecule has 0 spiro atoms. The molecule has 0 saturated heterocycles. The number of hydrogen-bond donors (Lipinski definition) is 2. The van der Waals surface area contributed by atoms with Crippen molar-refractivity contribution in [3.63, 3.8) is 0 Å². The quantitative estimate of drug-likeness (QED) is 0.776. The van der Waals surface area contributed by atoms with Gasteiger partial charge >= 0.3 is 0 Å². The van der Waals surface area contributed by atoms with Gasteiger partial charge in [0.1, 0.15) is 5.75 Å². The molecule has 1 atom stereocenters.